The molecule has 1 saturated heterocycles. The molecule has 0 bridgehead atoms. The zero-order valence-electron chi connectivity index (χ0n) is 15.1. The summed E-state index contributed by atoms with van der Waals surface area (Å²) in [5.74, 6) is 0.762. The van der Waals surface area contributed by atoms with Gasteiger partial charge in [0.1, 0.15) is 11.8 Å². The maximum atomic E-state index is 12.4. The Labute approximate surface area is 163 Å². The zero-order valence-corrected chi connectivity index (χ0v) is 15.8. The molecule has 2 aromatic rings. The number of carbonyl (C=O) groups excluding carboxylic acids is 1. The largest absolute Gasteiger partial charge is 0.497 e. The summed E-state index contributed by atoms with van der Waals surface area (Å²) in [7, 11) is 1.62. The molecule has 0 spiro atoms. The fraction of sp³-hybridized carbons (Fsp3) is 0.300. The highest BCUT2D eigenvalue weighted by Crippen LogP contribution is 2.24. The van der Waals surface area contributed by atoms with E-state index < -0.39 is 0 Å². The molecule has 0 radical (unpaired) electrons. The third-order valence-electron chi connectivity index (χ3n) is 4.60. The molecule has 1 aliphatic rings. The van der Waals surface area contributed by atoms with Gasteiger partial charge in [0.25, 0.3) is 0 Å². The summed E-state index contributed by atoms with van der Waals surface area (Å²) < 4.78 is 5.17. The van der Waals surface area contributed by atoms with E-state index in [1.165, 1.54) is 0 Å². The van der Waals surface area contributed by atoms with Crippen molar-refractivity contribution in [3.63, 3.8) is 0 Å². The summed E-state index contributed by atoms with van der Waals surface area (Å²) in [5.41, 5.74) is 1.60. The van der Waals surface area contributed by atoms with Crippen molar-refractivity contribution in [1.29, 1.82) is 5.26 Å². The minimum Gasteiger partial charge on any atom is -0.497 e. The standard InChI is InChI=1S/C20H21ClN4O2/c1-27-18-7-5-15(6-8-18)19(14-22)24-9-11-25(12-10-24)20(26)23-17-4-2-3-16(21)13-17/h2-8,13,19H,9-12H2,1H3,(H,23,26). The Morgan fingerprint density at radius 2 is 1.89 bits per heavy atom. The summed E-state index contributed by atoms with van der Waals surface area (Å²) in [6, 6.07) is 16.5. The smallest absolute Gasteiger partial charge is 0.321 e. The molecule has 0 aromatic heterocycles. The van der Waals surface area contributed by atoms with Crippen LogP contribution in [0.15, 0.2) is 48.5 Å². The molecular formula is C20H21ClN4O2. The number of piperazine rings is 1. The predicted molar refractivity (Wildman–Crippen MR) is 105 cm³/mol. The van der Waals surface area contributed by atoms with Gasteiger partial charge in [-0.3, -0.25) is 4.90 Å². The molecule has 1 unspecified atom stereocenters. The Morgan fingerprint density at radius 3 is 2.48 bits per heavy atom. The molecule has 27 heavy (non-hydrogen) atoms. The van der Waals surface area contributed by atoms with Gasteiger partial charge < -0.3 is 15.0 Å². The Hall–Kier alpha value is -2.75. The van der Waals surface area contributed by atoms with Crippen molar-refractivity contribution in [3.8, 4) is 11.8 Å². The molecule has 1 aliphatic heterocycles. The normalized spacial score (nSPS) is 15.7. The number of ether oxygens (including phenoxy) is 1. The van der Waals surface area contributed by atoms with Gasteiger partial charge in [-0.15, -0.1) is 0 Å². The summed E-state index contributed by atoms with van der Waals surface area (Å²) in [6.07, 6.45) is 0. The quantitative estimate of drug-likeness (QED) is 0.871. The molecule has 7 heteroatoms. The van der Waals surface area contributed by atoms with Crippen LogP contribution in [0.4, 0.5) is 10.5 Å². The minimum absolute atomic E-state index is 0.158. The number of nitrogens with one attached hydrogen (secondary N) is 1. The van der Waals surface area contributed by atoms with Crippen molar-refractivity contribution in [2.24, 2.45) is 0 Å². The number of amides is 2. The second-order valence-electron chi connectivity index (χ2n) is 6.27. The van der Waals surface area contributed by atoms with Crippen LogP contribution in [0.25, 0.3) is 0 Å². The highest BCUT2D eigenvalue weighted by Gasteiger charge is 2.27. The summed E-state index contributed by atoms with van der Waals surface area (Å²) in [4.78, 5) is 16.3. The second kappa shape index (κ2) is 8.76. The van der Waals surface area contributed by atoms with Gasteiger partial charge in [-0.25, -0.2) is 4.79 Å². The number of rotatable bonds is 4. The monoisotopic (exact) mass is 384 g/mol. The van der Waals surface area contributed by atoms with Crippen LogP contribution >= 0.6 is 11.6 Å². The molecule has 1 fully saturated rings. The van der Waals surface area contributed by atoms with Crippen molar-refractivity contribution < 1.29 is 9.53 Å². The minimum atomic E-state index is -0.339. The molecule has 1 atom stereocenters. The molecule has 0 aliphatic carbocycles. The third kappa shape index (κ3) is 4.70. The fourth-order valence-electron chi connectivity index (χ4n) is 3.11. The maximum Gasteiger partial charge on any atom is 0.321 e. The van der Waals surface area contributed by atoms with E-state index in [1.54, 1.807) is 36.3 Å². The number of urea groups is 1. The van der Waals surface area contributed by atoms with Crippen LogP contribution < -0.4 is 10.1 Å². The molecule has 140 valence electrons. The van der Waals surface area contributed by atoms with Crippen molar-refractivity contribution in [2.75, 3.05) is 38.6 Å². The first-order chi connectivity index (χ1) is 13.1. The number of benzene rings is 2. The number of anilines is 1. The topological polar surface area (TPSA) is 68.6 Å². The highest BCUT2D eigenvalue weighted by molar-refractivity contribution is 6.30. The van der Waals surface area contributed by atoms with E-state index in [2.05, 4.69) is 16.3 Å². The molecular weight excluding hydrogens is 364 g/mol. The van der Waals surface area contributed by atoms with Gasteiger partial charge in [0, 0.05) is 36.9 Å². The zero-order chi connectivity index (χ0) is 19.2. The van der Waals surface area contributed by atoms with Crippen LogP contribution in [0.5, 0.6) is 5.75 Å². The van der Waals surface area contributed by atoms with Gasteiger partial charge in [0.15, 0.2) is 0 Å². The fourth-order valence-corrected chi connectivity index (χ4v) is 3.30. The molecule has 1 heterocycles. The molecule has 2 amide bonds. The van der Waals surface area contributed by atoms with Crippen LogP contribution in [0.3, 0.4) is 0 Å². The lowest BCUT2D eigenvalue weighted by molar-refractivity contribution is 0.131. The third-order valence-corrected chi connectivity index (χ3v) is 4.83. The molecule has 2 aromatic carbocycles. The Morgan fingerprint density at radius 1 is 1.19 bits per heavy atom. The van der Waals surface area contributed by atoms with E-state index in [0.717, 1.165) is 11.3 Å². The number of hydrogen-bond acceptors (Lipinski definition) is 4. The molecule has 1 N–H and O–H groups in total. The first-order valence-corrected chi connectivity index (χ1v) is 9.07. The lowest BCUT2D eigenvalue weighted by atomic mass is 10.1. The van der Waals surface area contributed by atoms with Crippen LogP contribution in [0.2, 0.25) is 5.02 Å². The SMILES string of the molecule is COc1ccc(C(C#N)N2CCN(C(=O)Nc3cccc(Cl)c3)CC2)cc1. The first-order valence-electron chi connectivity index (χ1n) is 8.70. The summed E-state index contributed by atoms with van der Waals surface area (Å²) >= 11 is 5.95. The number of methoxy groups -OCH3 is 1. The number of carbonyl (C=O) groups is 1. The lowest BCUT2D eigenvalue weighted by Crippen LogP contribution is -2.50. The van der Waals surface area contributed by atoms with Gasteiger partial charge >= 0.3 is 6.03 Å². The number of nitriles is 1. The number of hydrogen-bond donors (Lipinski definition) is 1. The van der Waals surface area contributed by atoms with E-state index in [9.17, 15) is 10.1 Å². The van der Waals surface area contributed by atoms with Gasteiger partial charge in [-0.1, -0.05) is 29.8 Å². The Bertz CT molecular complexity index is 827. The van der Waals surface area contributed by atoms with Gasteiger partial charge in [-0.2, -0.15) is 5.26 Å². The van der Waals surface area contributed by atoms with E-state index in [1.807, 2.05) is 24.3 Å². The van der Waals surface area contributed by atoms with Crippen LogP contribution in [0, 0.1) is 11.3 Å². The molecule has 6 nitrogen and oxygen atoms in total. The first kappa shape index (κ1) is 19.0. The van der Waals surface area contributed by atoms with Crippen molar-refractivity contribution in [1.82, 2.24) is 9.80 Å². The molecule has 3 rings (SSSR count). The van der Waals surface area contributed by atoms with Crippen LogP contribution in [-0.2, 0) is 0 Å². The summed E-state index contributed by atoms with van der Waals surface area (Å²) in [5, 5.41) is 13.1. The lowest BCUT2D eigenvalue weighted by Gasteiger charge is -2.37. The Balaban J connectivity index is 1.58. The number of nitrogens with zero attached hydrogens (tertiary/aromatic N) is 3. The average molecular weight is 385 g/mol. The van der Waals surface area contributed by atoms with Crippen molar-refractivity contribution >= 4 is 23.3 Å². The Kier molecular flexibility index (Phi) is 6.17. The summed E-state index contributed by atoms with van der Waals surface area (Å²) in [6.45, 7) is 2.38. The van der Waals surface area contributed by atoms with Crippen LogP contribution in [0.1, 0.15) is 11.6 Å². The van der Waals surface area contributed by atoms with E-state index in [-0.39, 0.29) is 12.1 Å². The molecule has 0 saturated carbocycles. The van der Waals surface area contributed by atoms with E-state index >= 15 is 0 Å². The van der Waals surface area contributed by atoms with Gasteiger partial charge in [0.05, 0.1) is 13.2 Å². The van der Waals surface area contributed by atoms with E-state index in [0.29, 0.717) is 36.9 Å². The van der Waals surface area contributed by atoms with Crippen LogP contribution in [-0.4, -0.2) is 49.1 Å². The van der Waals surface area contributed by atoms with Crippen molar-refractivity contribution in [2.45, 2.75) is 6.04 Å². The second-order valence-corrected chi connectivity index (χ2v) is 6.70. The van der Waals surface area contributed by atoms with Gasteiger partial charge in [0.2, 0.25) is 0 Å². The average Bonchev–Trinajstić information content (AvgIpc) is 2.69. The van der Waals surface area contributed by atoms with E-state index in [4.69, 9.17) is 16.3 Å². The van der Waals surface area contributed by atoms with Crippen molar-refractivity contribution in [3.05, 3.63) is 59.1 Å². The van der Waals surface area contributed by atoms with Gasteiger partial charge in [-0.05, 0) is 35.9 Å². The maximum absolute atomic E-state index is 12.4. The predicted octanol–water partition coefficient (Wildman–Crippen LogP) is 3.76. The number of halogens is 1. The highest BCUT2D eigenvalue weighted by atomic mass is 35.5.